The van der Waals surface area contributed by atoms with Gasteiger partial charge in [0.25, 0.3) is 0 Å². The van der Waals surface area contributed by atoms with Crippen LogP contribution < -0.4 is 10.1 Å². The lowest BCUT2D eigenvalue weighted by Crippen LogP contribution is -2.15. The first-order chi connectivity index (χ1) is 13.3. The molecule has 0 saturated carbocycles. The first kappa shape index (κ1) is 18.3. The van der Waals surface area contributed by atoms with Crippen LogP contribution in [0.3, 0.4) is 0 Å². The number of hydrogen-bond acceptors (Lipinski definition) is 6. The van der Waals surface area contributed by atoms with Gasteiger partial charge in [-0.05, 0) is 50.3 Å². The molecule has 0 aliphatic heterocycles. The van der Waals surface area contributed by atoms with Crippen LogP contribution >= 0.6 is 23.1 Å². The van der Waals surface area contributed by atoms with E-state index in [4.69, 9.17) is 4.74 Å². The van der Waals surface area contributed by atoms with Crippen LogP contribution in [-0.2, 0) is 17.6 Å². The van der Waals surface area contributed by atoms with E-state index in [0.29, 0.717) is 23.8 Å². The number of para-hydroxylation sites is 2. The molecule has 3 aromatic rings. The Labute approximate surface area is 166 Å². The molecule has 140 valence electrons. The van der Waals surface area contributed by atoms with Crippen LogP contribution in [0.4, 0.5) is 5.69 Å². The lowest BCUT2D eigenvalue weighted by molar-refractivity contribution is -0.113. The third-order valence-electron chi connectivity index (χ3n) is 4.52. The van der Waals surface area contributed by atoms with Crippen LogP contribution in [0.1, 0.15) is 30.2 Å². The van der Waals surface area contributed by atoms with Gasteiger partial charge in [-0.1, -0.05) is 23.9 Å². The monoisotopic (exact) mass is 399 g/mol. The molecule has 0 unspecified atom stereocenters. The highest BCUT2D eigenvalue weighted by atomic mass is 32.2. The number of nitrogens with zero attached hydrogens (tertiary/aromatic N) is 2. The molecule has 4 rings (SSSR count). The predicted molar refractivity (Wildman–Crippen MR) is 111 cm³/mol. The molecule has 0 radical (unpaired) electrons. The van der Waals surface area contributed by atoms with E-state index in [2.05, 4.69) is 15.3 Å². The van der Waals surface area contributed by atoms with Crippen molar-refractivity contribution in [2.45, 2.75) is 37.6 Å². The van der Waals surface area contributed by atoms with Crippen molar-refractivity contribution in [3.8, 4) is 5.75 Å². The summed E-state index contributed by atoms with van der Waals surface area (Å²) < 4.78 is 5.57. The summed E-state index contributed by atoms with van der Waals surface area (Å²) >= 11 is 3.25. The van der Waals surface area contributed by atoms with Crippen LogP contribution in [0.2, 0.25) is 0 Å². The maximum atomic E-state index is 12.5. The Kier molecular flexibility index (Phi) is 5.59. The molecule has 1 aliphatic rings. The maximum absolute atomic E-state index is 12.5. The van der Waals surface area contributed by atoms with Gasteiger partial charge in [-0.25, -0.2) is 9.97 Å². The molecular weight excluding hydrogens is 378 g/mol. The second-order valence-corrected chi connectivity index (χ2v) is 8.38. The number of aryl methyl sites for hydroxylation is 2. The zero-order valence-electron chi connectivity index (χ0n) is 15.2. The summed E-state index contributed by atoms with van der Waals surface area (Å²) in [7, 11) is 0. The van der Waals surface area contributed by atoms with Crippen molar-refractivity contribution in [3.05, 3.63) is 41.0 Å². The van der Waals surface area contributed by atoms with Crippen molar-refractivity contribution < 1.29 is 9.53 Å². The average Bonchev–Trinajstić information content (AvgIpc) is 3.07. The van der Waals surface area contributed by atoms with E-state index in [1.807, 2.05) is 31.2 Å². The molecule has 0 fully saturated rings. The number of benzene rings is 1. The molecule has 1 aliphatic carbocycles. The number of hydrogen-bond donors (Lipinski definition) is 1. The van der Waals surface area contributed by atoms with Crippen molar-refractivity contribution in [2.24, 2.45) is 0 Å². The highest BCUT2D eigenvalue weighted by Crippen LogP contribution is 2.39. The van der Waals surface area contributed by atoms with Gasteiger partial charge in [0.2, 0.25) is 5.91 Å². The summed E-state index contributed by atoms with van der Waals surface area (Å²) in [5.41, 5.74) is 2.09. The third-order valence-corrected chi connectivity index (χ3v) is 6.71. The number of thiophene rings is 1. The molecule has 0 spiro atoms. The Morgan fingerprint density at radius 1 is 1.26 bits per heavy atom. The summed E-state index contributed by atoms with van der Waals surface area (Å²) in [6.07, 6.45) is 6.29. The van der Waals surface area contributed by atoms with Crippen LogP contribution in [0, 0.1) is 0 Å². The Morgan fingerprint density at radius 3 is 3.00 bits per heavy atom. The molecule has 0 atom stereocenters. The molecule has 0 saturated heterocycles. The van der Waals surface area contributed by atoms with E-state index >= 15 is 0 Å². The van der Waals surface area contributed by atoms with Gasteiger partial charge in [0.15, 0.2) is 0 Å². The van der Waals surface area contributed by atoms with E-state index in [9.17, 15) is 4.79 Å². The zero-order valence-corrected chi connectivity index (χ0v) is 16.8. The molecule has 1 amide bonds. The van der Waals surface area contributed by atoms with Crippen LogP contribution in [0.15, 0.2) is 35.6 Å². The molecule has 1 N–H and O–H groups in total. The van der Waals surface area contributed by atoms with Gasteiger partial charge >= 0.3 is 0 Å². The Balaban J connectivity index is 1.49. The second kappa shape index (κ2) is 8.27. The minimum absolute atomic E-state index is 0.0667. The Bertz CT molecular complexity index is 971. The summed E-state index contributed by atoms with van der Waals surface area (Å²) in [4.78, 5) is 23.9. The van der Waals surface area contributed by atoms with E-state index in [1.165, 1.54) is 35.0 Å². The zero-order chi connectivity index (χ0) is 18.6. The summed E-state index contributed by atoms with van der Waals surface area (Å²) in [5, 5.41) is 5.01. The number of rotatable bonds is 6. The minimum atomic E-state index is -0.0667. The van der Waals surface area contributed by atoms with Crippen molar-refractivity contribution in [2.75, 3.05) is 17.7 Å². The number of ether oxygens (including phenoxy) is 1. The van der Waals surface area contributed by atoms with E-state index in [1.54, 1.807) is 17.7 Å². The van der Waals surface area contributed by atoms with Gasteiger partial charge in [-0.3, -0.25) is 4.79 Å². The van der Waals surface area contributed by atoms with Crippen molar-refractivity contribution >= 4 is 44.9 Å². The molecule has 7 heteroatoms. The standard InChI is InChI=1S/C20H21N3O2S2/c1-2-25-15-9-5-4-8-14(15)23-17(24)11-26-19-18-13-7-3-6-10-16(13)27-20(18)22-12-21-19/h4-5,8-9,12H,2-3,6-7,10-11H2,1H3,(H,23,24). The summed E-state index contributed by atoms with van der Waals surface area (Å²) in [6.45, 7) is 2.49. The first-order valence-electron chi connectivity index (χ1n) is 9.16. The third kappa shape index (κ3) is 3.94. The number of amides is 1. The normalized spacial score (nSPS) is 13.4. The Hall–Kier alpha value is -2.12. The molecule has 1 aromatic carbocycles. The number of thioether (sulfide) groups is 1. The highest BCUT2D eigenvalue weighted by molar-refractivity contribution is 8.00. The predicted octanol–water partition coefficient (Wildman–Crippen LogP) is 4.70. The van der Waals surface area contributed by atoms with Gasteiger partial charge in [-0.2, -0.15) is 0 Å². The van der Waals surface area contributed by atoms with Crippen molar-refractivity contribution in [1.82, 2.24) is 9.97 Å². The molecule has 2 heterocycles. The number of carbonyl (C=O) groups is 1. The van der Waals surface area contributed by atoms with Crippen molar-refractivity contribution in [1.29, 1.82) is 0 Å². The van der Waals surface area contributed by atoms with Crippen LogP contribution in [-0.4, -0.2) is 28.2 Å². The molecular formula is C20H21N3O2S2. The van der Waals surface area contributed by atoms with Crippen molar-refractivity contribution in [3.63, 3.8) is 0 Å². The summed E-state index contributed by atoms with van der Waals surface area (Å²) in [6, 6.07) is 7.49. The molecule has 27 heavy (non-hydrogen) atoms. The minimum Gasteiger partial charge on any atom is -0.492 e. The molecule has 5 nitrogen and oxygen atoms in total. The van der Waals surface area contributed by atoms with Gasteiger partial charge in [0.1, 0.15) is 21.9 Å². The number of nitrogens with one attached hydrogen (secondary N) is 1. The average molecular weight is 400 g/mol. The Morgan fingerprint density at radius 2 is 2.11 bits per heavy atom. The number of carbonyl (C=O) groups excluding carboxylic acids is 1. The SMILES string of the molecule is CCOc1ccccc1NC(=O)CSc1ncnc2sc3c(c12)CCCC3. The van der Waals surface area contributed by atoms with E-state index in [0.717, 1.165) is 28.1 Å². The lowest BCUT2D eigenvalue weighted by Gasteiger charge is -2.12. The smallest absolute Gasteiger partial charge is 0.234 e. The fraction of sp³-hybridized carbons (Fsp3) is 0.350. The number of aromatic nitrogens is 2. The fourth-order valence-corrected chi connectivity index (χ4v) is 5.46. The van der Waals surface area contributed by atoms with Crippen LogP contribution in [0.25, 0.3) is 10.2 Å². The van der Waals surface area contributed by atoms with E-state index in [-0.39, 0.29) is 5.91 Å². The molecule has 2 aromatic heterocycles. The number of fused-ring (bicyclic) bond motifs is 3. The highest BCUT2D eigenvalue weighted by Gasteiger charge is 2.20. The largest absolute Gasteiger partial charge is 0.492 e. The van der Waals surface area contributed by atoms with Gasteiger partial charge in [-0.15, -0.1) is 11.3 Å². The fourth-order valence-electron chi connectivity index (χ4n) is 3.34. The first-order valence-corrected chi connectivity index (χ1v) is 11.0. The van der Waals surface area contributed by atoms with Gasteiger partial charge in [0.05, 0.1) is 18.0 Å². The van der Waals surface area contributed by atoms with Crippen LogP contribution in [0.5, 0.6) is 5.75 Å². The van der Waals surface area contributed by atoms with Gasteiger partial charge in [0, 0.05) is 10.3 Å². The van der Waals surface area contributed by atoms with Gasteiger partial charge < -0.3 is 10.1 Å². The maximum Gasteiger partial charge on any atom is 0.234 e. The quantitative estimate of drug-likeness (QED) is 0.481. The topological polar surface area (TPSA) is 64.1 Å². The molecule has 0 bridgehead atoms. The second-order valence-electron chi connectivity index (χ2n) is 6.34. The lowest BCUT2D eigenvalue weighted by atomic mass is 9.97. The summed E-state index contributed by atoms with van der Waals surface area (Å²) in [5.74, 6) is 0.926. The van der Waals surface area contributed by atoms with E-state index < -0.39 is 0 Å². The number of anilines is 1.